The van der Waals surface area contributed by atoms with Crippen molar-refractivity contribution < 1.29 is 4.79 Å². The average molecular weight is 261 g/mol. The molecule has 19 heavy (non-hydrogen) atoms. The maximum Gasteiger partial charge on any atom is 0.253 e. The van der Waals surface area contributed by atoms with Gasteiger partial charge < -0.3 is 15.5 Å². The topological polar surface area (TPSA) is 44.4 Å². The van der Waals surface area contributed by atoms with Crippen LogP contribution in [0.15, 0.2) is 18.2 Å². The minimum absolute atomic E-state index is 0.0302. The maximum absolute atomic E-state index is 12.4. The van der Waals surface area contributed by atoms with Gasteiger partial charge in [0.2, 0.25) is 0 Å². The minimum Gasteiger partial charge on any atom is -0.387 e. The van der Waals surface area contributed by atoms with Crippen molar-refractivity contribution in [3.05, 3.63) is 29.3 Å². The number of nitrogens with zero attached hydrogens (tertiary/aromatic N) is 1. The highest BCUT2D eigenvalue weighted by Gasteiger charge is 2.20. The number of aryl methyl sites for hydroxylation is 1. The molecule has 0 bridgehead atoms. The Bertz CT molecular complexity index is 451. The normalized spacial score (nSPS) is 17.2. The number of benzene rings is 1. The van der Waals surface area contributed by atoms with Gasteiger partial charge in [-0.15, -0.1) is 0 Å². The molecule has 1 heterocycles. The Morgan fingerprint density at radius 1 is 1.32 bits per heavy atom. The van der Waals surface area contributed by atoms with Crippen molar-refractivity contribution in [3.63, 3.8) is 0 Å². The molecule has 104 valence electrons. The van der Waals surface area contributed by atoms with Crippen LogP contribution in [-0.2, 0) is 0 Å². The largest absolute Gasteiger partial charge is 0.387 e. The van der Waals surface area contributed by atoms with Crippen LogP contribution in [0.1, 0.15) is 28.8 Å². The number of amides is 1. The zero-order chi connectivity index (χ0) is 13.8. The molecule has 1 fully saturated rings. The first-order valence-corrected chi connectivity index (χ1v) is 6.88. The predicted octanol–water partition coefficient (Wildman–Crippen LogP) is 1.86. The number of nitrogens with one attached hydrogen (secondary N) is 2. The molecule has 0 spiro atoms. The van der Waals surface area contributed by atoms with E-state index in [9.17, 15) is 4.79 Å². The molecular weight excluding hydrogens is 238 g/mol. The van der Waals surface area contributed by atoms with E-state index in [0.29, 0.717) is 6.04 Å². The average Bonchev–Trinajstić information content (AvgIpc) is 2.41. The van der Waals surface area contributed by atoms with Gasteiger partial charge in [-0.25, -0.2) is 0 Å². The van der Waals surface area contributed by atoms with Crippen molar-refractivity contribution in [1.29, 1.82) is 0 Å². The highest BCUT2D eigenvalue weighted by atomic mass is 16.1. The van der Waals surface area contributed by atoms with E-state index in [0.717, 1.165) is 42.7 Å². The quantitative estimate of drug-likeness (QED) is 0.873. The van der Waals surface area contributed by atoms with Crippen LogP contribution >= 0.6 is 0 Å². The molecule has 2 rings (SSSR count). The molecule has 1 amide bonds. The highest BCUT2D eigenvalue weighted by molar-refractivity contribution is 6.00. The van der Waals surface area contributed by atoms with E-state index < -0.39 is 0 Å². The Labute approximate surface area is 115 Å². The Kier molecular flexibility index (Phi) is 4.43. The number of hydrogen-bond acceptors (Lipinski definition) is 3. The van der Waals surface area contributed by atoms with Gasteiger partial charge in [0.25, 0.3) is 5.91 Å². The molecule has 0 atom stereocenters. The van der Waals surface area contributed by atoms with E-state index in [2.05, 4.69) is 22.6 Å². The third kappa shape index (κ3) is 3.47. The monoisotopic (exact) mass is 261 g/mol. The minimum atomic E-state index is 0.0302. The molecule has 0 aromatic heterocycles. The lowest BCUT2D eigenvalue weighted by molar-refractivity contribution is 0.0917. The zero-order valence-corrected chi connectivity index (χ0v) is 12.0. The molecule has 4 nitrogen and oxygen atoms in total. The number of piperidine rings is 1. The van der Waals surface area contributed by atoms with Crippen molar-refractivity contribution in [2.45, 2.75) is 25.8 Å². The fourth-order valence-corrected chi connectivity index (χ4v) is 2.48. The predicted molar refractivity (Wildman–Crippen MR) is 78.7 cm³/mol. The van der Waals surface area contributed by atoms with Crippen LogP contribution in [-0.4, -0.2) is 44.0 Å². The van der Waals surface area contributed by atoms with Gasteiger partial charge in [-0.1, -0.05) is 11.6 Å². The summed E-state index contributed by atoms with van der Waals surface area (Å²) in [4.78, 5) is 14.7. The van der Waals surface area contributed by atoms with E-state index in [1.54, 1.807) is 0 Å². The highest BCUT2D eigenvalue weighted by Crippen LogP contribution is 2.18. The number of hydrogen-bond donors (Lipinski definition) is 2. The summed E-state index contributed by atoms with van der Waals surface area (Å²) >= 11 is 0. The van der Waals surface area contributed by atoms with E-state index in [4.69, 9.17) is 0 Å². The van der Waals surface area contributed by atoms with Gasteiger partial charge in [0.1, 0.15) is 0 Å². The van der Waals surface area contributed by atoms with Crippen LogP contribution in [0.3, 0.4) is 0 Å². The van der Waals surface area contributed by atoms with E-state index in [-0.39, 0.29) is 5.91 Å². The summed E-state index contributed by atoms with van der Waals surface area (Å²) in [6.45, 7) is 4.11. The molecule has 1 aromatic carbocycles. The molecule has 0 aliphatic carbocycles. The summed E-state index contributed by atoms with van der Waals surface area (Å²) in [5.74, 6) is 0.0302. The van der Waals surface area contributed by atoms with Crippen LogP contribution < -0.4 is 10.6 Å². The van der Waals surface area contributed by atoms with Crippen LogP contribution in [0.4, 0.5) is 5.69 Å². The van der Waals surface area contributed by atoms with Crippen molar-refractivity contribution >= 4 is 11.6 Å². The summed E-state index contributed by atoms with van der Waals surface area (Å²) in [5, 5.41) is 6.23. The number of carbonyl (C=O) groups excluding carboxylic acids is 1. The second kappa shape index (κ2) is 6.06. The van der Waals surface area contributed by atoms with Gasteiger partial charge in [-0.05, 0) is 52.0 Å². The molecule has 1 aromatic rings. The molecule has 0 saturated carbocycles. The second-order valence-corrected chi connectivity index (χ2v) is 5.35. The molecule has 1 aliphatic rings. The molecule has 1 saturated heterocycles. The van der Waals surface area contributed by atoms with Gasteiger partial charge in [0.15, 0.2) is 0 Å². The molecule has 0 radical (unpaired) electrons. The lowest BCUT2D eigenvalue weighted by Gasteiger charge is -2.29. The molecule has 0 unspecified atom stereocenters. The Hall–Kier alpha value is -1.55. The van der Waals surface area contributed by atoms with Crippen molar-refractivity contribution in [2.24, 2.45) is 0 Å². The van der Waals surface area contributed by atoms with Crippen molar-refractivity contribution in [2.75, 3.05) is 32.5 Å². The van der Waals surface area contributed by atoms with Gasteiger partial charge in [-0.2, -0.15) is 0 Å². The Morgan fingerprint density at radius 3 is 2.63 bits per heavy atom. The van der Waals surface area contributed by atoms with Crippen LogP contribution in [0.25, 0.3) is 0 Å². The summed E-state index contributed by atoms with van der Waals surface area (Å²) in [6, 6.07) is 6.21. The van der Waals surface area contributed by atoms with E-state index in [1.165, 1.54) is 0 Å². The van der Waals surface area contributed by atoms with Crippen LogP contribution in [0, 0.1) is 6.92 Å². The van der Waals surface area contributed by atoms with Crippen LogP contribution in [0.2, 0.25) is 0 Å². The van der Waals surface area contributed by atoms with Crippen molar-refractivity contribution in [3.8, 4) is 0 Å². The number of rotatable bonds is 3. The number of carbonyl (C=O) groups is 1. The van der Waals surface area contributed by atoms with Gasteiger partial charge >= 0.3 is 0 Å². The molecular formula is C15H23N3O. The lowest BCUT2D eigenvalue weighted by Crippen LogP contribution is -2.43. The first-order valence-electron chi connectivity index (χ1n) is 6.88. The van der Waals surface area contributed by atoms with E-state index in [1.807, 2.05) is 32.2 Å². The number of likely N-dealkylation sites (tertiary alicyclic amines) is 1. The van der Waals surface area contributed by atoms with Gasteiger partial charge in [0.05, 0.1) is 5.56 Å². The lowest BCUT2D eigenvalue weighted by atomic mass is 10.0. The van der Waals surface area contributed by atoms with Gasteiger partial charge in [0, 0.05) is 18.8 Å². The van der Waals surface area contributed by atoms with Crippen molar-refractivity contribution in [1.82, 2.24) is 10.2 Å². The number of anilines is 1. The smallest absolute Gasteiger partial charge is 0.253 e. The molecule has 4 heteroatoms. The molecule has 2 N–H and O–H groups in total. The summed E-state index contributed by atoms with van der Waals surface area (Å²) in [6.07, 6.45) is 2.06. The first-order chi connectivity index (χ1) is 9.10. The van der Waals surface area contributed by atoms with Crippen LogP contribution in [0.5, 0.6) is 0 Å². The summed E-state index contributed by atoms with van der Waals surface area (Å²) in [7, 11) is 3.97. The van der Waals surface area contributed by atoms with Gasteiger partial charge in [-0.3, -0.25) is 4.79 Å². The van der Waals surface area contributed by atoms with E-state index >= 15 is 0 Å². The fraction of sp³-hybridized carbons (Fsp3) is 0.533. The SMILES string of the molecule is CNc1ccc(C)cc1C(=O)NC1CCN(C)CC1. The summed E-state index contributed by atoms with van der Waals surface area (Å²) in [5.41, 5.74) is 2.73. The maximum atomic E-state index is 12.4. The second-order valence-electron chi connectivity index (χ2n) is 5.35. The first kappa shape index (κ1) is 13.9. The Morgan fingerprint density at radius 2 is 2.00 bits per heavy atom. The summed E-state index contributed by atoms with van der Waals surface area (Å²) < 4.78 is 0. The molecule has 1 aliphatic heterocycles. The third-order valence-corrected chi connectivity index (χ3v) is 3.74. The zero-order valence-electron chi connectivity index (χ0n) is 12.0. The fourth-order valence-electron chi connectivity index (χ4n) is 2.48. The standard InChI is InChI=1S/C15H23N3O/c1-11-4-5-14(16-2)13(10-11)15(19)17-12-6-8-18(3)9-7-12/h4-5,10,12,16H,6-9H2,1-3H3,(H,17,19). The Balaban J connectivity index is 2.05. The third-order valence-electron chi connectivity index (χ3n) is 3.74.